The van der Waals surface area contributed by atoms with E-state index in [0.717, 1.165) is 17.1 Å². The molecule has 6 nitrogen and oxygen atoms in total. The number of rotatable bonds is 5. The molecule has 0 aliphatic carbocycles. The fourth-order valence-electron chi connectivity index (χ4n) is 3.02. The van der Waals surface area contributed by atoms with Crippen molar-refractivity contribution in [3.05, 3.63) is 59.3 Å². The van der Waals surface area contributed by atoms with Crippen LogP contribution in [0.1, 0.15) is 27.7 Å². The number of anilines is 1. The van der Waals surface area contributed by atoms with Gasteiger partial charge in [0.2, 0.25) is 0 Å². The normalized spacial score (nSPS) is 17.2. The van der Waals surface area contributed by atoms with E-state index >= 15 is 0 Å². The molecule has 3 rings (SSSR count). The van der Waals surface area contributed by atoms with Gasteiger partial charge in [-0.1, -0.05) is 18.2 Å². The molecule has 1 aliphatic rings. The summed E-state index contributed by atoms with van der Waals surface area (Å²) < 4.78 is 11.0. The van der Waals surface area contributed by atoms with Crippen LogP contribution in [0.25, 0.3) is 0 Å². The predicted octanol–water partition coefficient (Wildman–Crippen LogP) is 2.51. The van der Waals surface area contributed by atoms with Crippen molar-refractivity contribution in [2.45, 2.75) is 12.7 Å². The number of ether oxygens (including phenoxy) is 2. The second kappa shape index (κ2) is 8.29. The number of methoxy groups -OCH3 is 1. The molecule has 1 aliphatic heterocycles. The Kier molecular flexibility index (Phi) is 5.85. The second-order valence-electron chi connectivity index (χ2n) is 6.56. The van der Waals surface area contributed by atoms with Gasteiger partial charge in [0.25, 0.3) is 5.91 Å². The van der Waals surface area contributed by atoms with E-state index in [1.54, 1.807) is 7.11 Å². The maximum Gasteiger partial charge on any atom is 0.254 e. The van der Waals surface area contributed by atoms with E-state index in [-0.39, 0.29) is 12.0 Å². The number of hydrogen-bond acceptors (Lipinski definition) is 5. The number of benzene rings is 1. The molecule has 138 valence electrons. The van der Waals surface area contributed by atoms with Gasteiger partial charge in [-0.05, 0) is 29.8 Å². The van der Waals surface area contributed by atoms with Crippen LogP contribution in [0.15, 0.2) is 42.5 Å². The summed E-state index contributed by atoms with van der Waals surface area (Å²) in [6.07, 6.45) is -0.213. The highest BCUT2D eigenvalue weighted by Gasteiger charge is 2.27. The summed E-state index contributed by atoms with van der Waals surface area (Å²) in [5.74, 6) is 0.891. The summed E-state index contributed by atoms with van der Waals surface area (Å²) >= 11 is 0. The minimum atomic E-state index is -0.213. The van der Waals surface area contributed by atoms with Crippen molar-refractivity contribution in [3.8, 4) is 0 Å². The standard InChI is InChI=1S/C20H25N3O3/c1-22(2)19-9-5-8-17(21-19)18-13-23(10-11-26-18)20(24)16-7-4-6-15(12-16)14-25-3/h4-9,12,18H,10-11,13-14H2,1-3H3/t18-/m0/s1. The van der Waals surface area contributed by atoms with Gasteiger partial charge in [-0.25, -0.2) is 4.98 Å². The van der Waals surface area contributed by atoms with Gasteiger partial charge in [-0.2, -0.15) is 0 Å². The van der Waals surface area contributed by atoms with Crippen molar-refractivity contribution in [1.82, 2.24) is 9.88 Å². The van der Waals surface area contributed by atoms with E-state index in [4.69, 9.17) is 9.47 Å². The topological polar surface area (TPSA) is 54.9 Å². The monoisotopic (exact) mass is 355 g/mol. The fourth-order valence-corrected chi connectivity index (χ4v) is 3.02. The maximum atomic E-state index is 12.9. The first-order valence-electron chi connectivity index (χ1n) is 8.71. The summed E-state index contributed by atoms with van der Waals surface area (Å²) in [6, 6.07) is 13.5. The lowest BCUT2D eigenvalue weighted by Gasteiger charge is -2.33. The first kappa shape index (κ1) is 18.4. The molecule has 0 unspecified atom stereocenters. The summed E-state index contributed by atoms with van der Waals surface area (Å²) in [4.78, 5) is 21.3. The predicted molar refractivity (Wildman–Crippen MR) is 100 cm³/mol. The molecule has 0 N–H and O–H groups in total. The van der Waals surface area contributed by atoms with Crippen LogP contribution in [0.3, 0.4) is 0 Å². The first-order chi connectivity index (χ1) is 12.6. The third kappa shape index (κ3) is 4.20. The van der Waals surface area contributed by atoms with E-state index in [2.05, 4.69) is 4.98 Å². The zero-order valence-corrected chi connectivity index (χ0v) is 15.5. The highest BCUT2D eigenvalue weighted by Crippen LogP contribution is 2.23. The van der Waals surface area contributed by atoms with Gasteiger partial charge in [-0.3, -0.25) is 4.79 Å². The quantitative estimate of drug-likeness (QED) is 0.825. The lowest BCUT2D eigenvalue weighted by atomic mass is 10.1. The van der Waals surface area contributed by atoms with E-state index < -0.39 is 0 Å². The Bertz CT molecular complexity index is 763. The minimum absolute atomic E-state index is 0.0139. The Morgan fingerprint density at radius 2 is 2.12 bits per heavy atom. The average molecular weight is 355 g/mol. The van der Waals surface area contributed by atoms with Gasteiger partial charge >= 0.3 is 0 Å². The van der Waals surface area contributed by atoms with Gasteiger partial charge in [0.1, 0.15) is 11.9 Å². The molecule has 1 aromatic heterocycles. The Hall–Kier alpha value is -2.44. The lowest BCUT2D eigenvalue weighted by Crippen LogP contribution is -2.42. The van der Waals surface area contributed by atoms with E-state index in [0.29, 0.717) is 31.9 Å². The zero-order chi connectivity index (χ0) is 18.5. The number of carbonyl (C=O) groups excluding carboxylic acids is 1. The van der Waals surface area contributed by atoms with Crippen molar-refractivity contribution in [2.75, 3.05) is 45.8 Å². The summed E-state index contributed by atoms with van der Waals surface area (Å²) in [7, 11) is 5.56. The molecule has 6 heteroatoms. The van der Waals surface area contributed by atoms with Crippen molar-refractivity contribution < 1.29 is 14.3 Å². The molecule has 26 heavy (non-hydrogen) atoms. The Balaban J connectivity index is 1.75. The zero-order valence-electron chi connectivity index (χ0n) is 15.5. The molecule has 0 radical (unpaired) electrons. The number of morpholine rings is 1. The van der Waals surface area contributed by atoms with E-state index in [1.807, 2.05) is 66.4 Å². The van der Waals surface area contributed by atoms with Crippen molar-refractivity contribution in [1.29, 1.82) is 0 Å². The van der Waals surface area contributed by atoms with Crippen LogP contribution in [-0.4, -0.2) is 56.7 Å². The SMILES string of the molecule is COCc1cccc(C(=O)N2CCO[C@H](c3cccc(N(C)C)n3)C2)c1. The van der Waals surface area contributed by atoms with Gasteiger partial charge in [0.15, 0.2) is 0 Å². The van der Waals surface area contributed by atoms with Crippen LogP contribution >= 0.6 is 0 Å². The Labute approximate surface area is 154 Å². The number of aromatic nitrogens is 1. The maximum absolute atomic E-state index is 12.9. The third-order valence-corrected chi connectivity index (χ3v) is 4.38. The molecular formula is C20H25N3O3. The molecule has 1 amide bonds. The van der Waals surface area contributed by atoms with Gasteiger partial charge in [0.05, 0.1) is 25.5 Å². The van der Waals surface area contributed by atoms with Crippen LogP contribution in [-0.2, 0) is 16.1 Å². The molecule has 0 saturated carbocycles. The number of hydrogen-bond donors (Lipinski definition) is 0. The minimum Gasteiger partial charge on any atom is -0.380 e. The van der Waals surface area contributed by atoms with Crippen molar-refractivity contribution in [3.63, 3.8) is 0 Å². The lowest BCUT2D eigenvalue weighted by molar-refractivity contribution is -0.0246. The highest BCUT2D eigenvalue weighted by molar-refractivity contribution is 5.94. The largest absolute Gasteiger partial charge is 0.380 e. The molecule has 2 aromatic rings. The highest BCUT2D eigenvalue weighted by atomic mass is 16.5. The molecular weight excluding hydrogens is 330 g/mol. The van der Waals surface area contributed by atoms with Gasteiger partial charge < -0.3 is 19.3 Å². The molecule has 0 spiro atoms. The molecule has 1 aromatic carbocycles. The van der Waals surface area contributed by atoms with Crippen LogP contribution in [0, 0.1) is 0 Å². The van der Waals surface area contributed by atoms with Crippen LogP contribution in [0.2, 0.25) is 0 Å². The molecule has 1 saturated heterocycles. The van der Waals surface area contributed by atoms with Gasteiger partial charge in [-0.15, -0.1) is 0 Å². The smallest absolute Gasteiger partial charge is 0.254 e. The number of nitrogens with zero attached hydrogens (tertiary/aromatic N) is 3. The van der Waals surface area contributed by atoms with Crippen LogP contribution in [0.4, 0.5) is 5.82 Å². The number of pyridine rings is 1. The summed E-state index contributed by atoms with van der Waals surface area (Å²) in [5.41, 5.74) is 2.51. The average Bonchev–Trinajstić information content (AvgIpc) is 2.68. The first-order valence-corrected chi connectivity index (χ1v) is 8.71. The fraction of sp³-hybridized carbons (Fsp3) is 0.400. The van der Waals surface area contributed by atoms with Crippen LogP contribution in [0.5, 0.6) is 0 Å². The molecule has 1 atom stereocenters. The summed E-state index contributed by atoms with van der Waals surface area (Å²) in [5, 5.41) is 0. The summed E-state index contributed by atoms with van der Waals surface area (Å²) in [6.45, 7) is 2.07. The molecule has 0 bridgehead atoms. The molecule has 1 fully saturated rings. The van der Waals surface area contributed by atoms with Crippen molar-refractivity contribution >= 4 is 11.7 Å². The number of carbonyl (C=O) groups is 1. The van der Waals surface area contributed by atoms with E-state index in [1.165, 1.54) is 0 Å². The third-order valence-electron chi connectivity index (χ3n) is 4.38. The van der Waals surface area contributed by atoms with E-state index in [9.17, 15) is 4.79 Å². The Morgan fingerprint density at radius 1 is 1.31 bits per heavy atom. The number of amides is 1. The molecule has 2 heterocycles. The van der Waals surface area contributed by atoms with Gasteiger partial charge in [0, 0.05) is 33.3 Å². The second-order valence-corrected chi connectivity index (χ2v) is 6.56. The van der Waals surface area contributed by atoms with Crippen molar-refractivity contribution in [2.24, 2.45) is 0 Å². The van der Waals surface area contributed by atoms with Crippen LogP contribution < -0.4 is 4.90 Å². The Morgan fingerprint density at radius 3 is 2.88 bits per heavy atom.